The topological polar surface area (TPSA) is 40.5 Å². The van der Waals surface area contributed by atoms with E-state index in [0.717, 1.165) is 0 Å². The monoisotopic (exact) mass is 299 g/mol. The fourth-order valence-electron chi connectivity index (χ4n) is 2.09. The van der Waals surface area contributed by atoms with Crippen LogP contribution in [0, 0.1) is 0 Å². The summed E-state index contributed by atoms with van der Waals surface area (Å²) in [6, 6.07) is 5.00. The molecule has 0 atom stereocenters. The SMILES string of the molecule is CC(C)(C)N1CC(O)=C(c2c(Cl)cccc2Cl)C1=O. The normalized spacial score (nSPS) is 16.5. The molecule has 0 bridgehead atoms. The number of aliphatic hydroxyl groups is 1. The molecular formula is C14H15Cl2NO2. The summed E-state index contributed by atoms with van der Waals surface area (Å²) in [6.07, 6.45) is 0. The van der Waals surface area contributed by atoms with E-state index >= 15 is 0 Å². The fourth-order valence-corrected chi connectivity index (χ4v) is 2.68. The summed E-state index contributed by atoms with van der Waals surface area (Å²) in [4.78, 5) is 14.1. The van der Waals surface area contributed by atoms with Gasteiger partial charge in [-0.25, -0.2) is 0 Å². The third-order valence-electron chi connectivity index (χ3n) is 3.08. The maximum absolute atomic E-state index is 12.5. The first kappa shape index (κ1) is 14.2. The van der Waals surface area contributed by atoms with Crippen LogP contribution in [0.25, 0.3) is 5.57 Å². The first-order valence-electron chi connectivity index (χ1n) is 5.92. The molecule has 102 valence electrons. The van der Waals surface area contributed by atoms with Gasteiger partial charge in [0.05, 0.1) is 22.2 Å². The Kier molecular flexibility index (Phi) is 3.54. The van der Waals surface area contributed by atoms with E-state index in [2.05, 4.69) is 0 Å². The van der Waals surface area contributed by atoms with E-state index in [-0.39, 0.29) is 29.3 Å². The Morgan fingerprint density at radius 3 is 2.16 bits per heavy atom. The van der Waals surface area contributed by atoms with Crippen LogP contribution in [0.5, 0.6) is 0 Å². The van der Waals surface area contributed by atoms with Gasteiger partial charge in [0.15, 0.2) is 0 Å². The Hall–Kier alpha value is -1.19. The van der Waals surface area contributed by atoms with Crippen LogP contribution in [0.2, 0.25) is 10.0 Å². The molecule has 0 aliphatic carbocycles. The van der Waals surface area contributed by atoms with Crippen molar-refractivity contribution in [2.75, 3.05) is 6.54 Å². The molecular weight excluding hydrogens is 285 g/mol. The van der Waals surface area contributed by atoms with Crippen molar-refractivity contribution >= 4 is 34.7 Å². The average molecular weight is 300 g/mol. The molecule has 0 saturated carbocycles. The number of hydrogen-bond acceptors (Lipinski definition) is 2. The van der Waals surface area contributed by atoms with Crippen LogP contribution in [0.1, 0.15) is 26.3 Å². The quantitative estimate of drug-likeness (QED) is 0.854. The van der Waals surface area contributed by atoms with Crippen molar-refractivity contribution in [1.82, 2.24) is 4.90 Å². The molecule has 3 nitrogen and oxygen atoms in total. The minimum atomic E-state index is -0.374. The molecule has 1 aromatic rings. The zero-order valence-corrected chi connectivity index (χ0v) is 12.5. The Labute approximate surface area is 122 Å². The van der Waals surface area contributed by atoms with E-state index in [0.29, 0.717) is 15.6 Å². The van der Waals surface area contributed by atoms with Crippen LogP contribution >= 0.6 is 23.2 Å². The van der Waals surface area contributed by atoms with Gasteiger partial charge in [0, 0.05) is 11.1 Å². The van der Waals surface area contributed by atoms with Crippen molar-refractivity contribution in [3.05, 3.63) is 39.6 Å². The fraction of sp³-hybridized carbons (Fsp3) is 0.357. The first-order chi connectivity index (χ1) is 8.73. The summed E-state index contributed by atoms with van der Waals surface area (Å²) in [6.45, 7) is 5.92. The van der Waals surface area contributed by atoms with Gasteiger partial charge in [-0.15, -0.1) is 0 Å². The van der Waals surface area contributed by atoms with Crippen molar-refractivity contribution in [2.45, 2.75) is 26.3 Å². The summed E-state index contributed by atoms with van der Waals surface area (Å²) < 4.78 is 0. The van der Waals surface area contributed by atoms with Crippen LogP contribution in [-0.4, -0.2) is 28.0 Å². The number of rotatable bonds is 1. The number of aliphatic hydroxyl groups excluding tert-OH is 1. The summed E-state index contributed by atoms with van der Waals surface area (Å²) in [5, 5.41) is 10.8. The smallest absolute Gasteiger partial charge is 0.258 e. The Bertz CT molecular complexity index is 553. The van der Waals surface area contributed by atoms with Gasteiger partial charge in [-0.2, -0.15) is 0 Å². The van der Waals surface area contributed by atoms with E-state index in [4.69, 9.17) is 23.2 Å². The standard InChI is InChI=1S/C14H15Cl2NO2/c1-14(2,3)17-7-10(18)12(13(17)19)11-8(15)5-4-6-9(11)16/h4-6,18H,7H2,1-3H3. The van der Waals surface area contributed by atoms with Gasteiger partial charge in [0.1, 0.15) is 5.76 Å². The van der Waals surface area contributed by atoms with E-state index in [9.17, 15) is 9.90 Å². The molecule has 5 heteroatoms. The van der Waals surface area contributed by atoms with E-state index in [1.165, 1.54) is 0 Å². The minimum Gasteiger partial charge on any atom is -0.510 e. The van der Waals surface area contributed by atoms with Gasteiger partial charge in [-0.1, -0.05) is 29.3 Å². The molecule has 1 N–H and O–H groups in total. The lowest BCUT2D eigenvalue weighted by Gasteiger charge is -2.31. The molecule has 0 radical (unpaired) electrons. The maximum Gasteiger partial charge on any atom is 0.258 e. The summed E-state index contributed by atoms with van der Waals surface area (Å²) >= 11 is 12.2. The average Bonchev–Trinajstić information content (AvgIpc) is 2.56. The van der Waals surface area contributed by atoms with Crippen LogP contribution < -0.4 is 0 Å². The van der Waals surface area contributed by atoms with Crippen molar-refractivity contribution in [1.29, 1.82) is 0 Å². The molecule has 1 heterocycles. The zero-order valence-electron chi connectivity index (χ0n) is 11.0. The highest BCUT2D eigenvalue weighted by atomic mass is 35.5. The number of hydrogen-bond donors (Lipinski definition) is 1. The van der Waals surface area contributed by atoms with Crippen molar-refractivity contribution in [3.8, 4) is 0 Å². The minimum absolute atomic E-state index is 0.00919. The second-order valence-corrected chi connectivity index (χ2v) is 6.29. The second-order valence-electron chi connectivity index (χ2n) is 5.48. The van der Waals surface area contributed by atoms with Gasteiger partial charge in [0.2, 0.25) is 0 Å². The van der Waals surface area contributed by atoms with Crippen molar-refractivity contribution in [3.63, 3.8) is 0 Å². The molecule has 0 aromatic heterocycles. The van der Waals surface area contributed by atoms with E-state index in [1.807, 2.05) is 20.8 Å². The Morgan fingerprint density at radius 2 is 1.74 bits per heavy atom. The molecule has 0 unspecified atom stereocenters. The van der Waals surface area contributed by atoms with Crippen molar-refractivity contribution < 1.29 is 9.90 Å². The summed E-state index contributed by atoms with van der Waals surface area (Å²) in [5.74, 6) is -0.241. The highest BCUT2D eigenvalue weighted by Gasteiger charge is 2.38. The molecule has 1 aliphatic heterocycles. The van der Waals surface area contributed by atoms with Gasteiger partial charge >= 0.3 is 0 Å². The van der Waals surface area contributed by atoms with Gasteiger partial charge in [-0.05, 0) is 32.9 Å². The summed E-state index contributed by atoms with van der Waals surface area (Å²) in [5.41, 5.74) is 0.228. The molecule has 1 amide bonds. The van der Waals surface area contributed by atoms with Gasteiger partial charge in [-0.3, -0.25) is 4.79 Å². The molecule has 2 rings (SSSR count). The third-order valence-corrected chi connectivity index (χ3v) is 3.71. The van der Waals surface area contributed by atoms with E-state index in [1.54, 1.807) is 23.1 Å². The first-order valence-corrected chi connectivity index (χ1v) is 6.67. The lowest BCUT2D eigenvalue weighted by atomic mass is 10.0. The predicted molar refractivity (Wildman–Crippen MR) is 77.5 cm³/mol. The molecule has 0 spiro atoms. The van der Waals surface area contributed by atoms with Gasteiger partial charge in [0.25, 0.3) is 5.91 Å². The van der Waals surface area contributed by atoms with Gasteiger partial charge < -0.3 is 10.0 Å². The number of nitrogens with zero attached hydrogens (tertiary/aromatic N) is 1. The van der Waals surface area contributed by atoms with Crippen LogP contribution in [0.4, 0.5) is 0 Å². The number of amides is 1. The third kappa shape index (κ3) is 2.45. The highest BCUT2D eigenvalue weighted by Crippen LogP contribution is 2.38. The molecule has 0 saturated heterocycles. The molecule has 19 heavy (non-hydrogen) atoms. The van der Waals surface area contributed by atoms with Crippen LogP contribution in [0.3, 0.4) is 0 Å². The van der Waals surface area contributed by atoms with Crippen molar-refractivity contribution in [2.24, 2.45) is 0 Å². The molecule has 0 fully saturated rings. The highest BCUT2D eigenvalue weighted by molar-refractivity contribution is 6.41. The largest absolute Gasteiger partial charge is 0.510 e. The number of carbonyl (C=O) groups is 1. The second kappa shape index (κ2) is 4.73. The lowest BCUT2D eigenvalue weighted by molar-refractivity contribution is -0.127. The lowest BCUT2D eigenvalue weighted by Crippen LogP contribution is -2.43. The number of benzene rings is 1. The van der Waals surface area contributed by atoms with Crippen LogP contribution in [0.15, 0.2) is 24.0 Å². The molecule has 1 aliphatic rings. The zero-order chi connectivity index (χ0) is 14.4. The number of carbonyl (C=O) groups excluding carboxylic acids is 1. The number of halogens is 2. The summed E-state index contributed by atoms with van der Waals surface area (Å²) in [7, 11) is 0. The predicted octanol–water partition coefficient (Wildman–Crippen LogP) is 3.90. The maximum atomic E-state index is 12.5. The van der Waals surface area contributed by atoms with Crippen LogP contribution in [-0.2, 0) is 4.79 Å². The Morgan fingerprint density at radius 1 is 1.21 bits per heavy atom. The Balaban J connectivity index is 2.52. The molecule has 1 aromatic carbocycles. The van der Waals surface area contributed by atoms with E-state index < -0.39 is 0 Å².